The van der Waals surface area contributed by atoms with Gasteiger partial charge < -0.3 is 10.6 Å². The van der Waals surface area contributed by atoms with Crippen molar-refractivity contribution in [2.24, 2.45) is 5.73 Å². The summed E-state index contributed by atoms with van der Waals surface area (Å²) in [5.74, 6) is 3.29. The zero-order chi connectivity index (χ0) is 12.4. The average molecular weight is 262 g/mol. The van der Waals surface area contributed by atoms with Crippen LogP contribution < -0.4 is 10.6 Å². The van der Waals surface area contributed by atoms with Crippen LogP contribution in [-0.4, -0.2) is 30.6 Å². The lowest BCUT2D eigenvalue weighted by Gasteiger charge is -2.33. The van der Waals surface area contributed by atoms with Gasteiger partial charge in [-0.25, -0.2) is 0 Å². The third kappa shape index (κ3) is 2.26. The summed E-state index contributed by atoms with van der Waals surface area (Å²) in [5.41, 5.74) is 8.77. The van der Waals surface area contributed by atoms with Crippen molar-refractivity contribution < 1.29 is 0 Å². The van der Waals surface area contributed by atoms with E-state index in [2.05, 4.69) is 40.9 Å². The normalized spacial score (nSPS) is 27.3. The van der Waals surface area contributed by atoms with E-state index >= 15 is 0 Å². The second-order valence-electron chi connectivity index (χ2n) is 5.36. The molecule has 2 unspecified atom stereocenters. The van der Waals surface area contributed by atoms with Gasteiger partial charge in [0.2, 0.25) is 0 Å². The molecule has 3 rings (SSSR count). The van der Waals surface area contributed by atoms with Crippen molar-refractivity contribution in [2.75, 3.05) is 29.5 Å². The van der Waals surface area contributed by atoms with Gasteiger partial charge in [0.05, 0.1) is 0 Å². The largest absolute Gasteiger partial charge is 0.367 e. The molecule has 0 bridgehead atoms. The number of nitrogens with two attached hydrogens (primary N) is 1. The summed E-state index contributed by atoms with van der Waals surface area (Å²) in [6, 6.07) is 9.68. The molecule has 98 valence electrons. The van der Waals surface area contributed by atoms with E-state index in [0.717, 1.165) is 19.0 Å². The average Bonchev–Trinajstić information content (AvgIpc) is 2.80. The Morgan fingerprint density at radius 1 is 1.33 bits per heavy atom. The molecule has 2 atom stereocenters. The van der Waals surface area contributed by atoms with Crippen LogP contribution in [0.1, 0.15) is 30.7 Å². The van der Waals surface area contributed by atoms with Gasteiger partial charge in [0.15, 0.2) is 0 Å². The van der Waals surface area contributed by atoms with Crippen LogP contribution in [-0.2, 0) is 0 Å². The summed E-state index contributed by atoms with van der Waals surface area (Å²) in [7, 11) is 0. The van der Waals surface area contributed by atoms with E-state index in [1.807, 2.05) is 0 Å². The van der Waals surface area contributed by atoms with Crippen LogP contribution in [0.25, 0.3) is 0 Å². The zero-order valence-electron chi connectivity index (χ0n) is 10.8. The highest BCUT2D eigenvalue weighted by Crippen LogP contribution is 2.40. The first kappa shape index (κ1) is 12.4. The van der Waals surface area contributed by atoms with E-state index in [1.54, 1.807) is 0 Å². The van der Waals surface area contributed by atoms with Crippen molar-refractivity contribution in [3.8, 4) is 0 Å². The summed E-state index contributed by atoms with van der Waals surface area (Å²) < 4.78 is 0. The Hall–Kier alpha value is -0.670. The fourth-order valence-electron chi connectivity index (χ4n) is 3.29. The molecule has 3 heteroatoms. The first-order valence-corrected chi connectivity index (χ1v) is 8.19. The van der Waals surface area contributed by atoms with E-state index in [-0.39, 0.29) is 0 Å². The fourth-order valence-corrected chi connectivity index (χ4v) is 4.45. The number of para-hydroxylation sites is 1. The number of anilines is 1. The summed E-state index contributed by atoms with van der Waals surface area (Å²) in [5, 5.41) is 0. The van der Waals surface area contributed by atoms with Crippen molar-refractivity contribution in [3.63, 3.8) is 0 Å². The Labute approximate surface area is 114 Å². The number of hydrogen-bond donors (Lipinski definition) is 1. The van der Waals surface area contributed by atoms with Crippen LogP contribution in [0.4, 0.5) is 5.69 Å². The van der Waals surface area contributed by atoms with Crippen molar-refractivity contribution >= 4 is 17.4 Å². The topological polar surface area (TPSA) is 29.3 Å². The van der Waals surface area contributed by atoms with Gasteiger partial charge in [-0.15, -0.1) is 0 Å². The lowest BCUT2D eigenvalue weighted by atomic mass is 9.98. The third-order valence-electron chi connectivity index (χ3n) is 4.20. The van der Waals surface area contributed by atoms with Crippen molar-refractivity contribution in [1.82, 2.24) is 0 Å². The number of benzene rings is 1. The molecule has 1 saturated heterocycles. The summed E-state index contributed by atoms with van der Waals surface area (Å²) in [4.78, 5) is 2.65. The van der Waals surface area contributed by atoms with Crippen molar-refractivity contribution in [1.29, 1.82) is 0 Å². The Morgan fingerprint density at radius 2 is 2.22 bits per heavy atom. The number of fused-ring (bicyclic) bond motifs is 1. The molecule has 2 aliphatic rings. The van der Waals surface area contributed by atoms with E-state index in [9.17, 15) is 0 Å². The molecule has 0 radical (unpaired) electrons. The van der Waals surface area contributed by atoms with Crippen LogP contribution >= 0.6 is 11.8 Å². The first-order valence-electron chi connectivity index (χ1n) is 7.03. The first-order chi connectivity index (χ1) is 8.90. The van der Waals surface area contributed by atoms with Gasteiger partial charge in [-0.2, -0.15) is 11.8 Å². The van der Waals surface area contributed by atoms with E-state index in [4.69, 9.17) is 5.73 Å². The zero-order valence-corrected chi connectivity index (χ0v) is 11.7. The van der Waals surface area contributed by atoms with Crippen LogP contribution in [0.3, 0.4) is 0 Å². The van der Waals surface area contributed by atoms with Crippen LogP contribution in [0.15, 0.2) is 24.3 Å². The Morgan fingerprint density at radius 3 is 3.00 bits per heavy atom. The molecule has 0 aromatic heterocycles. The minimum Gasteiger partial charge on any atom is -0.367 e. The highest BCUT2D eigenvalue weighted by atomic mass is 32.2. The predicted octanol–water partition coefficient (Wildman–Crippen LogP) is 2.83. The molecule has 2 aliphatic heterocycles. The van der Waals surface area contributed by atoms with E-state index in [0.29, 0.717) is 5.92 Å². The minimum atomic E-state index is 0.651. The van der Waals surface area contributed by atoms with Crippen molar-refractivity contribution in [2.45, 2.75) is 31.2 Å². The molecule has 18 heavy (non-hydrogen) atoms. The lowest BCUT2D eigenvalue weighted by Crippen LogP contribution is -2.38. The highest BCUT2D eigenvalue weighted by molar-refractivity contribution is 7.99. The molecule has 2 heterocycles. The number of thioether (sulfide) groups is 1. The highest BCUT2D eigenvalue weighted by Gasteiger charge is 2.32. The Kier molecular flexibility index (Phi) is 3.80. The lowest BCUT2D eigenvalue weighted by molar-refractivity contribution is 0.558. The van der Waals surface area contributed by atoms with Crippen LogP contribution in [0.2, 0.25) is 0 Å². The molecule has 0 amide bonds. The maximum absolute atomic E-state index is 5.77. The fraction of sp³-hybridized carbons (Fsp3) is 0.600. The molecular weight excluding hydrogens is 240 g/mol. The molecule has 1 aromatic carbocycles. The smallest absolute Gasteiger partial charge is 0.0405 e. The summed E-state index contributed by atoms with van der Waals surface area (Å²) >= 11 is 2.11. The molecule has 2 nitrogen and oxygen atoms in total. The van der Waals surface area contributed by atoms with Crippen molar-refractivity contribution in [3.05, 3.63) is 29.8 Å². The minimum absolute atomic E-state index is 0.651. The SMILES string of the molecule is NCCC1CN(C2CCCSC2)c2ccccc21. The molecule has 0 saturated carbocycles. The van der Waals surface area contributed by atoms with Crippen LogP contribution in [0, 0.1) is 0 Å². The molecule has 0 spiro atoms. The van der Waals surface area contributed by atoms with Gasteiger partial charge in [-0.05, 0) is 43.2 Å². The van der Waals surface area contributed by atoms with Gasteiger partial charge in [0, 0.05) is 29.9 Å². The molecule has 1 aromatic rings. The van der Waals surface area contributed by atoms with Crippen LogP contribution in [0.5, 0.6) is 0 Å². The third-order valence-corrected chi connectivity index (χ3v) is 5.39. The molecule has 2 N–H and O–H groups in total. The quantitative estimate of drug-likeness (QED) is 0.908. The summed E-state index contributed by atoms with van der Waals surface area (Å²) in [6.45, 7) is 1.98. The van der Waals surface area contributed by atoms with E-state index in [1.165, 1.54) is 42.1 Å². The molecule has 0 aliphatic carbocycles. The van der Waals surface area contributed by atoms with Gasteiger partial charge in [-0.1, -0.05) is 18.2 Å². The Bertz CT molecular complexity index is 401. The number of nitrogens with zero attached hydrogens (tertiary/aromatic N) is 1. The number of hydrogen-bond acceptors (Lipinski definition) is 3. The maximum Gasteiger partial charge on any atom is 0.0405 e. The standard InChI is InChI=1S/C15H22N2S/c16-8-7-12-10-17(13-4-3-9-18-11-13)15-6-2-1-5-14(12)15/h1-2,5-6,12-13H,3-4,7-11,16H2. The maximum atomic E-state index is 5.77. The Balaban J connectivity index is 1.84. The van der Waals surface area contributed by atoms with Gasteiger partial charge in [0.1, 0.15) is 0 Å². The number of rotatable bonds is 3. The second-order valence-corrected chi connectivity index (χ2v) is 6.51. The summed E-state index contributed by atoms with van der Waals surface area (Å²) in [6.07, 6.45) is 3.85. The van der Waals surface area contributed by atoms with Gasteiger partial charge in [0.25, 0.3) is 0 Å². The molecular formula is C15H22N2S. The van der Waals surface area contributed by atoms with Gasteiger partial charge >= 0.3 is 0 Å². The predicted molar refractivity (Wildman–Crippen MR) is 80.5 cm³/mol. The second kappa shape index (κ2) is 5.54. The van der Waals surface area contributed by atoms with E-state index < -0.39 is 0 Å². The monoisotopic (exact) mass is 262 g/mol. The van der Waals surface area contributed by atoms with Gasteiger partial charge in [-0.3, -0.25) is 0 Å². The molecule has 1 fully saturated rings.